The average Bonchev–Trinajstić information content (AvgIpc) is 2.11. The Morgan fingerprint density at radius 3 is 2.33 bits per heavy atom. The average molecular weight is 220 g/mol. The van der Waals surface area contributed by atoms with Gasteiger partial charge in [-0.05, 0) is 5.92 Å². The fourth-order valence-corrected chi connectivity index (χ4v) is 2.14. The summed E-state index contributed by atoms with van der Waals surface area (Å²) >= 11 is 0. The van der Waals surface area contributed by atoms with Crippen LogP contribution in [-0.4, -0.2) is 22.9 Å². The maximum atomic E-state index is 12.6. The van der Waals surface area contributed by atoms with Crippen LogP contribution in [0.2, 0.25) is 0 Å². The molecule has 1 atom stereocenters. The zero-order valence-corrected chi connectivity index (χ0v) is 9.39. The minimum Gasteiger partial charge on any atom is -0.392 e. The number of Topliss-reactive ketones (excluding diaryl/α,β-unsaturated/α-hetero) is 1. The molecule has 1 unspecified atom stereocenters. The molecule has 0 aromatic rings. The zero-order valence-electron chi connectivity index (χ0n) is 9.39. The Labute approximate surface area is 88.7 Å². The first-order valence-electron chi connectivity index (χ1n) is 5.30. The van der Waals surface area contributed by atoms with Crippen molar-refractivity contribution in [1.82, 2.24) is 0 Å². The minimum atomic E-state index is -2.64. The van der Waals surface area contributed by atoms with Crippen LogP contribution in [0.4, 0.5) is 8.78 Å². The van der Waals surface area contributed by atoms with Gasteiger partial charge in [0.25, 0.3) is 0 Å². The second kappa shape index (κ2) is 3.81. The van der Waals surface area contributed by atoms with Crippen LogP contribution in [0.3, 0.4) is 0 Å². The summed E-state index contributed by atoms with van der Waals surface area (Å²) in [6.07, 6.45) is -1.22. The highest BCUT2D eigenvalue weighted by Gasteiger charge is 2.52. The van der Waals surface area contributed by atoms with Crippen molar-refractivity contribution in [3.05, 3.63) is 0 Å². The largest absolute Gasteiger partial charge is 0.392 e. The molecule has 0 heterocycles. The molecule has 1 rings (SSSR count). The molecule has 1 saturated carbocycles. The van der Waals surface area contributed by atoms with Gasteiger partial charge in [0.2, 0.25) is 5.92 Å². The molecule has 1 N–H and O–H groups in total. The molecule has 0 saturated heterocycles. The van der Waals surface area contributed by atoms with Gasteiger partial charge in [0.15, 0.2) is 0 Å². The lowest BCUT2D eigenvalue weighted by atomic mass is 9.67. The number of aliphatic hydroxyl groups is 1. The van der Waals surface area contributed by atoms with Crippen molar-refractivity contribution in [3.63, 3.8) is 0 Å². The summed E-state index contributed by atoms with van der Waals surface area (Å²) in [5, 5.41) is 9.88. The summed E-state index contributed by atoms with van der Waals surface area (Å²) in [7, 11) is 0. The maximum absolute atomic E-state index is 12.6. The van der Waals surface area contributed by atoms with E-state index in [4.69, 9.17) is 0 Å². The molecule has 1 fully saturated rings. The molecule has 0 radical (unpaired) electrons. The van der Waals surface area contributed by atoms with E-state index in [9.17, 15) is 18.7 Å². The topological polar surface area (TPSA) is 37.3 Å². The van der Waals surface area contributed by atoms with Gasteiger partial charge >= 0.3 is 0 Å². The van der Waals surface area contributed by atoms with Crippen molar-refractivity contribution in [2.75, 3.05) is 0 Å². The third-order valence-electron chi connectivity index (χ3n) is 3.35. The van der Waals surface area contributed by atoms with Crippen LogP contribution in [0.5, 0.6) is 0 Å². The first-order valence-corrected chi connectivity index (χ1v) is 5.30. The SMILES string of the molecule is CCC(=O)C(C)(C)C(O)C1CC(F)(F)C1. The lowest BCUT2D eigenvalue weighted by Gasteiger charge is -2.43. The molecular formula is C11H18F2O2. The molecular weight excluding hydrogens is 202 g/mol. The van der Waals surface area contributed by atoms with Crippen molar-refractivity contribution in [2.24, 2.45) is 11.3 Å². The highest BCUT2D eigenvalue weighted by Crippen LogP contribution is 2.47. The van der Waals surface area contributed by atoms with Gasteiger partial charge in [0.1, 0.15) is 5.78 Å². The van der Waals surface area contributed by atoms with E-state index in [1.807, 2.05) is 0 Å². The van der Waals surface area contributed by atoms with Gasteiger partial charge < -0.3 is 5.11 Å². The number of carbonyl (C=O) groups is 1. The van der Waals surface area contributed by atoms with Crippen molar-refractivity contribution in [2.45, 2.75) is 52.1 Å². The molecule has 0 amide bonds. The number of alkyl halides is 2. The fourth-order valence-electron chi connectivity index (χ4n) is 2.14. The van der Waals surface area contributed by atoms with Crippen molar-refractivity contribution >= 4 is 5.78 Å². The zero-order chi connectivity index (χ0) is 11.9. The van der Waals surface area contributed by atoms with Gasteiger partial charge in [0.05, 0.1) is 6.10 Å². The second-order valence-corrected chi connectivity index (χ2v) is 4.97. The summed E-state index contributed by atoms with van der Waals surface area (Å²) in [6, 6.07) is 0. The second-order valence-electron chi connectivity index (χ2n) is 4.97. The molecule has 0 aromatic heterocycles. The van der Waals surface area contributed by atoms with Crippen molar-refractivity contribution in [1.29, 1.82) is 0 Å². The molecule has 0 bridgehead atoms. The van der Waals surface area contributed by atoms with Crippen LogP contribution in [-0.2, 0) is 4.79 Å². The number of ketones is 1. The van der Waals surface area contributed by atoms with E-state index in [-0.39, 0.29) is 18.6 Å². The normalized spacial score (nSPS) is 23.3. The summed E-state index contributed by atoms with van der Waals surface area (Å²) in [6.45, 7) is 4.96. The van der Waals surface area contributed by atoms with Gasteiger partial charge in [-0.2, -0.15) is 0 Å². The Bertz CT molecular complexity index is 253. The first-order chi connectivity index (χ1) is 6.70. The molecule has 1 aliphatic carbocycles. The number of halogens is 2. The highest BCUT2D eigenvalue weighted by molar-refractivity contribution is 5.84. The molecule has 4 heteroatoms. The molecule has 0 aliphatic heterocycles. The molecule has 1 aliphatic rings. The Balaban J connectivity index is 2.61. The monoisotopic (exact) mass is 220 g/mol. The predicted molar refractivity (Wildman–Crippen MR) is 52.8 cm³/mol. The first kappa shape index (κ1) is 12.6. The van der Waals surface area contributed by atoms with E-state index < -0.39 is 23.4 Å². The van der Waals surface area contributed by atoms with E-state index >= 15 is 0 Å². The Kier molecular flexibility index (Phi) is 3.19. The molecule has 88 valence electrons. The fraction of sp³-hybridized carbons (Fsp3) is 0.909. The standard InChI is InChI=1S/C11H18F2O2/c1-4-8(14)10(2,3)9(15)7-5-11(12,13)6-7/h7,9,15H,4-6H2,1-3H3. The van der Waals surface area contributed by atoms with E-state index in [1.54, 1.807) is 20.8 Å². The number of carbonyl (C=O) groups excluding carboxylic acids is 1. The lowest BCUT2D eigenvalue weighted by molar-refractivity contribution is -0.168. The van der Waals surface area contributed by atoms with Gasteiger partial charge in [-0.25, -0.2) is 8.78 Å². The third kappa shape index (κ3) is 2.36. The van der Waals surface area contributed by atoms with Crippen molar-refractivity contribution < 1.29 is 18.7 Å². The van der Waals surface area contributed by atoms with Gasteiger partial charge in [0, 0.05) is 24.7 Å². The summed E-state index contributed by atoms with van der Waals surface area (Å²) in [5.74, 6) is -3.16. The molecule has 2 nitrogen and oxygen atoms in total. The molecule has 0 spiro atoms. The smallest absolute Gasteiger partial charge is 0.248 e. The van der Waals surface area contributed by atoms with Gasteiger partial charge in [-0.3, -0.25) is 4.79 Å². The highest BCUT2D eigenvalue weighted by atomic mass is 19.3. The number of rotatable bonds is 4. The Morgan fingerprint density at radius 2 is 2.00 bits per heavy atom. The van der Waals surface area contributed by atoms with Crippen LogP contribution in [0.1, 0.15) is 40.0 Å². The number of hydrogen-bond donors (Lipinski definition) is 1. The van der Waals surface area contributed by atoms with E-state index in [0.717, 1.165) is 0 Å². The quantitative estimate of drug-likeness (QED) is 0.789. The van der Waals surface area contributed by atoms with Crippen LogP contribution in [0.15, 0.2) is 0 Å². The summed E-state index contributed by atoms with van der Waals surface area (Å²) in [4.78, 5) is 11.5. The van der Waals surface area contributed by atoms with E-state index in [2.05, 4.69) is 0 Å². The molecule has 0 aromatic carbocycles. The van der Waals surface area contributed by atoms with Crippen LogP contribution in [0, 0.1) is 11.3 Å². The third-order valence-corrected chi connectivity index (χ3v) is 3.35. The van der Waals surface area contributed by atoms with Gasteiger partial charge in [-0.1, -0.05) is 20.8 Å². The summed E-state index contributed by atoms with van der Waals surface area (Å²) < 4.78 is 25.2. The predicted octanol–water partition coefficient (Wildman–Crippen LogP) is 2.40. The summed E-state index contributed by atoms with van der Waals surface area (Å²) in [5.41, 5.74) is -0.907. The van der Waals surface area contributed by atoms with E-state index in [1.165, 1.54) is 0 Å². The van der Waals surface area contributed by atoms with Crippen LogP contribution < -0.4 is 0 Å². The van der Waals surface area contributed by atoms with Crippen LogP contribution in [0.25, 0.3) is 0 Å². The minimum absolute atomic E-state index is 0.0785. The van der Waals surface area contributed by atoms with Crippen LogP contribution >= 0.6 is 0 Å². The molecule has 15 heavy (non-hydrogen) atoms. The number of hydrogen-bond acceptors (Lipinski definition) is 2. The van der Waals surface area contributed by atoms with E-state index in [0.29, 0.717) is 6.42 Å². The Morgan fingerprint density at radius 1 is 1.53 bits per heavy atom. The lowest BCUT2D eigenvalue weighted by Crippen LogP contribution is -2.50. The Hall–Kier alpha value is -0.510. The van der Waals surface area contributed by atoms with Gasteiger partial charge in [-0.15, -0.1) is 0 Å². The maximum Gasteiger partial charge on any atom is 0.248 e. The van der Waals surface area contributed by atoms with Crippen molar-refractivity contribution in [3.8, 4) is 0 Å². The number of aliphatic hydroxyl groups excluding tert-OH is 1.